The van der Waals surface area contributed by atoms with Gasteiger partial charge in [0.05, 0.1) is 13.2 Å². The van der Waals surface area contributed by atoms with E-state index in [9.17, 15) is 9.59 Å². The number of carbonyl (C=O) groups excluding carboxylic acids is 2. The van der Waals surface area contributed by atoms with Crippen molar-refractivity contribution in [2.24, 2.45) is 11.8 Å². The molecule has 32 heavy (non-hydrogen) atoms. The molecule has 4 nitrogen and oxygen atoms in total. The summed E-state index contributed by atoms with van der Waals surface area (Å²) in [7, 11) is -0.448. The van der Waals surface area contributed by atoms with Crippen molar-refractivity contribution in [3.63, 3.8) is 0 Å². The average Bonchev–Trinajstić information content (AvgIpc) is 3.07. The van der Waals surface area contributed by atoms with Crippen LogP contribution >= 0.6 is 0 Å². The van der Waals surface area contributed by atoms with Crippen LogP contribution in [0.15, 0.2) is 36.5 Å². The van der Waals surface area contributed by atoms with Crippen molar-refractivity contribution in [2.75, 3.05) is 7.11 Å². The molecule has 0 aliphatic heterocycles. The first-order valence-corrected chi connectivity index (χ1v) is 15.2. The molecule has 5 heteroatoms. The monoisotopic (exact) mass is 462 g/mol. The number of hydrogen-bond acceptors (Lipinski definition) is 4. The van der Waals surface area contributed by atoms with Gasteiger partial charge in [0.25, 0.3) is 0 Å². The molecule has 3 unspecified atom stereocenters. The summed E-state index contributed by atoms with van der Waals surface area (Å²) in [5.41, 5.74) is 0. The second kappa shape index (κ2) is 13.9. The van der Waals surface area contributed by atoms with E-state index in [1.54, 1.807) is 6.08 Å². The van der Waals surface area contributed by atoms with E-state index in [1.165, 1.54) is 20.0 Å². The Labute approximate surface area is 197 Å². The van der Waals surface area contributed by atoms with E-state index < -0.39 is 8.32 Å². The zero-order valence-corrected chi connectivity index (χ0v) is 22.5. The van der Waals surface area contributed by atoms with Gasteiger partial charge in [0.1, 0.15) is 0 Å². The first kappa shape index (κ1) is 28.6. The standard InChI is InChI=1S/C27H46O4Si/c1-8-9-12-15-23(31-32(6,7)27(2,3)4)20-18-22-19-21-25(28)24(22)16-13-10-11-14-17-26(29)30-5/h10,13,18-24H,8-9,11-12,14-17H2,1-7H3. The molecular weight excluding hydrogens is 416 g/mol. The van der Waals surface area contributed by atoms with E-state index in [4.69, 9.17) is 4.43 Å². The van der Waals surface area contributed by atoms with Crippen LogP contribution in [0.1, 0.15) is 79.1 Å². The maximum absolute atomic E-state index is 12.4. The summed E-state index contributed by atoms with van der Waals surface area (Å²) in [6, 6.07) is 0. The van der Waals surface area contributed by atoms with Crippen molar-refractivity contribution in [3.8, 4) is 0 Å². The fourth-order valence-electron chi connectivity index (χ4n) is 3.55. The van der Waals surface area contributed by atoms with E-state index in [0.717, 1.165) is 32.1 Å². The number of carbonyl (C=O) groups is 2. The molecule has 0 aromatic rings. The van der Waals surface area contributed by atoms with Gasteiger partial charge in [-0.05, 0) is 49.9 Å². The first-order valence-electron chi connectivity index (χ1n) is 12.3. The van der Waals surface area contributed by atoms with Gasteiger partial charge in [0, 0.05) is 18.3 Å². The van der Waals surface area contributed by atoms with Crippen LogP contribution in [0.5, 0.6) is 0 Å². The lowest BCUT2D eigenvalue weighted by atomic mass is 9.90. The average molecular weight is 463 g/mol. The number of ether oxygens (including phenoxy) is 1. The molecule has 0 bridgehead atoms. The maximum atomic E-state index is 12.4. The van der Waals surface area contributed by atoms with Gasteiger partial charge in [0.2, 0.25) is 0 Å². The first-order chi connectivity index (χ1) is 15.0. The van der Waals surface area contributed by atoms with Gasteiger partial charge < -0.3 is 9.16 Å². The molecule has 182 valence electrons. The minimum atomic E-state index is -1.86. The molecule has 0 aromatic heterocycles. The largest absolute Gasteiger partial charge is 0.469 e. The van der Waals surface area contributed by atoms with Gasteiger partial charge in [0.15, 0.2) is 14.1 Å². The van der Waals surface area contributed by atoms with Crippen molar-refractivity contribution in [2.45, 2.75) is 103 Å². The summed E-state index contributed by atoms with van der Waals surface area (Å²) < 4.78 is 11.4. The molecule has 0 fully saturated rings. The van der Waals surface area contributed by atoms with Gasteiger partial charge in [-0.15, -0.1) is 0 Å². The minimum absolute atomic E-state index is 0.0349. The Morgan fingerprint density at radius 3 is 2.53 bits per heavy atom. The lowest BCUT2D eigenvalue weighted by Crippen LogP contribution is -2.43. The summed E-state index contributed by atoms with van der Waals surface area (Å²) in [6.07, 6.45) is 19.8. The van der Waals surface area contributed by atoms with Crippen LogP contribution in [-0.2, 0) is 18.8 Å². The van der Waals surface area contributed by atoms with Crippen LogP contribution in [0.4, 0.5) is 0 Å². The molecule has 0 aromatic carbocycles. The van der Waals surface area contributed by atoms with Crippen LogP contribution in [0, 0.1) is 11.8 Å². The molecule has 1 aliphatic rings. The van der Waals surface area contributed by atoms with Gasteiger partial charge in [-0.2, -0.15) is 0 Å². The highest BCUT2D eigenvalue weighted by molar-refractivity contribution is 6.74. The summed E-state index contributed by atoms with van der Waals surface area (Å²) in [5.74, 6) is 0.116. The zero-order chi connectivity index (χ0) is 24.2. The number of hydrogen-bond donors (Lipinski definition) is 0. The molecule has 0 saturated carbocycles. The number of methoxy groups -OCH3 is 1. The Bertz CT molecular complexity index is 670. The highest BCUT2D eigenvalue weighted by Crippen LogP contribution is 2.38. The van der Waals surface area contributed by atoms with E-state index in [-0.39, 0.29) is 34.7 Å². The van der Waals surface area contributed by atoms with Crippen molar-refractivity contribution in [3.05, 3.63) is 36.5 Å². The molecule has 0 N–H and O–H groups in total. The molecule has 0 heterocycles. The van der Waals surface area contributed by atoms with E-state index >= 15 is 0 Å². The molecule has 1 rings (SSSR count). The highest BCUT2D eigenvalue weighted by atomic mass is 28.4. The van der Waals surface area contributed by atoms with Gasteiger partial charge in [-0.3, -0.25) is 9.59 Å². The van der Waals surface area contributed by atoms with Crippen LogP contribution in [0.25, 0.3) is 0 Å². The topological polar surface area (TPSA) is 52.6 Å². The summed E-state index contributed by atoms with van der Waals surface area (Å²) in [4.78, 5) is 23.6. The molecule has 0 spiro atoms. The lowest BCUT2D eigenvalue weighted by Gasteiger charge is -2.38. The van der Waals surface area contributed by atoms with E-state index in [1.807, 2.05) is 6.08 Å². The zero-order valence-electron chi connectivity index (χ0n) is 21.5. The van der Waals surface area contributed by atoms with E-state index in [2.05, 4.69) is 69.8 Å². The number of unbranched alkanes of at least 4 members (excludes halogenated alkanes) is 3. The molecular formula is C27H46O4Si. The number of esters is 1. The second-order valence-electron chi connectivity index (χ2n) is 10.4. The molecule has 3 atom stereocenters. The Kier molecular flexibility index (Phi) is 12.4. The third-order valence-corrected chi connectivity index (χ3v) is 11.2. The van der Waals surface area contributed by atoms with Crippen molar-refractivity contribution in [1.82, 2.24) is 0 Å². The number of allylic oxidation sites excluding steroid dienone is 5. The van der Waals surface area contributed by atoms with Gasteiger partial charge >= 0.3 is 5.97 Å². The maximum Gasteiger partial charge on any atom is 0.305 e. The lowest BCUT2D eigenvalue weighted by molar-refractivity contribution is -0.140. The van der Waals surface area contributed by atoms with Crippen LogP contribution in [0.2, 0.25) is 18.1 Å². The smallest absolute Gasteiger partial charge is 0.305 e. The quantitative estimate of drug-likeness (QED) is 0.119. The molecule has 1 aliphatic carbocycles. The van der Waals surface area contributed by atoms with Gasteiger partial charge in [-0.1, -0.05) is 77.3 Å². The van der Waals surface area contributed by atoms with Crippen LogP contribution < -0.4 is 0 Å². The fraction of sp³-hybridized carbons (Fsp3) is 0.704. The predicted molar refractivity (Wildman–Crippen MR) is 136 cm³/mol. The highest BCUT2D eigenvalue weighted by Gasteiger charge is 2.38. The van der Waals surface area contributed by atoms with Crippen molar-refractivity contribution >= 4 is 20.1 Å². The fourth-order valence-corrected chi connectivity index (χ4v) is 4.86. The van der Waals surface area contributed by atoms with E-state index in [0.29, 0.717) is 6.42 Å². The number of rotatable bonds is 14. The Morgan fingerprint density at radius 2 is 1.91 bits per heavy atom. The Morgan fingerprint density at radius 1 is 1.19 bits per heavy atom. The summed E-state index contributed by atoms with van der Waals surface area (Å²) in [6.45, 7) is 13.7. The Hall–Kier alpha value is -1.46. The third kappa shape index (κ3) is 9.99. The Balaban J connectivity index is 2.72. The SMILES string of the molecule is CCCCCC(C=CC1C=CC(=O)C1CC=CCCCC(=O)OC)O[Si](C)(C)C(C)(C)C. The second-order valence-corrected chi connectivity index (χ2v) is 15.2. The predicted octanol–water partition coefficient (Wildman–Crippen LogP) is 7.17. The van der Waals surface area contributed by atoms with Crippen LogP contribution in [0.3, 0.4) is 0 Å². The normalized spacial score (nSPS) is 20.5. The van der Waals surface area contributed by atoms with Crippen molar-refractivity contribution < 1.29 is 18.8 Å². The van der Waals surface area contributed by atoms with Crippen molar-refractivity contribution in [1.29, 1.82) is 0 Å². The molecule has 0 radical (unpaired) electrons. The third-order valence-electron chi connectivity index (χ3n) is 6.74. The molecule has 0 amide bonds. The molecule has 0 saturated heterocycles. The summed E-state index contributed by atoms with van der Waals surface area (Å²) in [5, 5.41) is 0.175. The number of ketones is 1. The van der Waals surface area contributed by atoms with Gasteiger partial charge in [-0.25, -0.2) is 0 Å². The van der Waals surface area contributed by atoms with Crippen LogP contribution in [-0.4, -0.2) is 33.3 Å². The summed E-state index contributed by atoms with van der Waals surface area (Å²) >= 11 is 0. The minimum Gasteiger partial charge on any atom is -0.469 e.